The molecule has 0 fully saturated rings. The van der Waals surface area contributed by atoms with Crippen molar-refractivity contribution in [1.29, 1.82) is 0 Å². The molecule has 0 bridgehead atoms. The Hall–Kier alpha value is -1.69. The Kier molecular flexibility index (Phi) is 4.46. The van der Waals surface area contributed by atoms with Crippen molar-refractivity contribution in [2.24, 2.45) is 0 Å². The quantitative estimate of drug-likeness (QED) is 0.838. The maximum Gasteiger partial charge on any atom is 0.416 e. The predicted octanol–water partition coefficient (Wildman–Crippen LogP) is 4.62. The Bertz CT molecular complexity index is 705. The van der Waals surface area contributed by atoms with E-state index >= 15 is 0 Å². The van der Waals surface area contributed by atoms with Crippen molar-refractivity contribution >= 4 is 12.2 Å². The molecule has 21 heavy (non-hydrogen) atoms. The van der Waals surface area contributed by atoms with Gasteiger partial charge in [0.2, 0.25) is 0 Å². The largest absolute Gasteiger partial charge is 0.416 e. The molecule has 0 aliphatic carbocycles. The number of H-pyrrole nitrogens is 1. The van der Waals surface area contributed by atoms with Crippen molar-refractivity contribution in [3.05, 3.63) is 57.1 Å². The molecule has 1 heterocycles. The van der Waals surface area contributed by atoms with Gasteiger partial charge < -0.3 is 4.98 Å². The molecule has 1 aromatic heterocycles. The third kappa shape index (κ3) is 3.69. The van der Waals surface area contributed by atoms with Crippen molar-refractivity contribution in [2.75, 3.05) is 0 Å². The molecular weight excluding hydrogens is 297 g/mol. The lowest BCUT2D eigenvalue weighted by molar-refractivity contribution is -0.137. The Balaban J connectivity index is 2.33. The van der Waals surface area contributed by atoms with E-state index in [0.717, 1.165) is 29.8 Å². The van der Waals surface area contributed by atoms with Crippen LogP contribution in [-0.4, -0.2) is 9.97 Å². The second kappa shape index (κ2) is 5.97. The molecule has 2 rings (SSSR count). The number of nitrogens with one attached hydrogen (secondary N) is 1. The zero-order valence-electron chi connectivity index (χ0n) is 11.7. The average molecular weight is 312 g/mol. The van der Waals surface area contributed by atoms with Gasteiger partial charge >= 0.3 is 6.18 Å². The number of aromatic nitrogens is 2. The lowest BCUT2D eigenvalue weighted by atomic mass is 10.1. The van der Waals surface area contributed by atoms with Crippen LogP contribution in [0.25, 0.3) is 0 Å². The molecule has 0 spiro atoms. The first kappa shape index (κ1) is 15.7. The molecule has 0 saturated carbocycles. The summed E-state index contributed by atoms with van der Waals surface area (Å²) in [5, 5.41) is 0. The Morgan fingerprint density at radius 1 is 1.29 bits per heavy atom. The number of aryl methyl sites for hydroxylation is 1. The molecule has 1 N–H and O–H groups in total. The fraction of sp³-hybridized carbons (Fsp3) is 0.333. The minimum atomic E-state index is -4.34. The summed E-state index contributed by atoms with van der Waals surface area (Å²) < 4.78 is 38.6. The Morgan fingerprint density at radius 3 is 2.57 bits per heavy atom. The van der Waals surface area contributed by atoms with Crippen LogP contribution in [0.4, 0.5) is 13.2 Å². The summed E-state index contributed by atoms with van der Waals surface area (Å²) >= 11 is 5.22. The molecule has 2 aromatic rings. The van der Waals surface area contributed by atoms with E-state index < -0.39 is 11.7 Å². The molecule has 0 unspecified atom stereocenters. The Labute approximate surface area is 126 Å². The maximum absolute atomic E-state index is 12.7. The highest BCUT2D eigenvalue weighted by Gasteiger charge is 2.30. The molecule has 1 aromatic carbocycles. The number of halogens is 3. The first-order valence-electron chi connectivity index (χ1n) is 6.56. The molecule has 0 atom stereocenters. The molecular formula is C15H15F3N2S. The van der Waals surface area contributed by atoms with Gasteiger partial charge in [-0.05, 0) is 25.0 Å². The van der Waals surface area contributed by atoms with Crippen LogP contribution < -0.4 is 0 Å². The summed E-state index contributed by atoms with van der Waals surface area (Å²) in [4.78, 5) is 7.39. The number of hydrogen-bond donors (Lipinski definition) is 1. The minimum absolute atomic E-state index is 0.290. The lowest BCUT2D eigenvalue weighted by Crippen LogP contribution is -2.07. The molecule has 112 valence electrons. The van der Waals surface area contributed by atoms with Crippen LogP contribution >= 0.6 is 12.2 Å². The predicted molar refractivity (Wildman–Crippen MR) is 77.8 cm³/mol. The Morgan fingerprint density at radius 2 is 2.00 bits per heavy atom. The van der Waals surface area contributed by atoms with E-state index in [1.807, 2.05) is 13.8 Å². The second-order valence-corrected chi connectivity index (χ2v) is 5.21. The van der Waals surface area contributed by atoms with Gasteiger partial charge in [0.1, 0.15) is 10.5 Å². The smallest absolute Gasteiger partial charge is 0.347 e. The van der Waals surface area contributed by atoms with E-state index in [1.54, 1.807) is 6.07 Å². The normalized spacial score (nSPS) is 11.7. The monoisotopic (exact) mass is 312 g/mol. The van der Waals surface area contributed by atoms with E-state index in [-0.39, 0.29) is 0 Å². The maximum atomic E-state index is 12.7. The first-order valence-corrected chi connectivity index (χ1v) is 6.97. The van der Waals surface area contributed by atoms with Gasteiger partial charge in [-0.15, -0.1) is 0 Å². The van der Waals surface area contributed by atoms with E-state index in [2.05, 4.69) is 9.97 Å². The number of alkyl halides is 3. The molecule has 0 aliphatic heterocycles. The number of nitrogens with zero attached hydrogens (tertiary/aromatic N) is 1. The van der Waals surface area contributed by atoms with E-state index in [9.17, 15) is 13.2 Å². The molecule has 2 nitrogen and oxygen atoms in total. The highest BCUT2D eigenvalue weighted by molar-refractivity contribution is 7.71. The standard InChI is InChI=1S/C15H15F3N2S/c1-3-12-9(2)19-13(20-14(12)21)8-10-5-4-6-11(7-10)15(16,17)18/h4-7H,3,8H2,1-2H3,(H,19,20,21). The molecule has 6 heteroatoms. The zero-order chi connectivity index (χ0) is 15.6. The zero-order valence-corrected chi connectivity index (χ0v) is 12.5. The number of benzene rings is 1. The van der Waals surface area contributed by atoms with Crippen LogP contribution in [0.5, 0.6) is 0 Å². The SMILES string of the molecule is CCc1c(C)[nH]c(Cc2cccc(C(F)(F)F)c2)nc1=S. The van der Waals surface area contributed by atoms with E-state index in [1.165, 1.54) is 6.07 Å². The van der Waals surface area contributed by atoms with Gasteiger partial charge in [-0.25, -0.2) is 4.98 Å². The van der Waals surface area contributed by atoms with Gasteiger partial charge in [-0.3, -0.25) is 0 Å². The van der Waals surface area contributed by atoms with Gasteiger partial charge in [0.15, 0.2) is 0 Å². The topological polar surface area (TPSA) is 28.7 Å². The summed E-state index contributed by atoms with van der Waals surface area (Å²) in [5.74, 6) is 0.578. The van der Waals surface area contributed by atoms with Crippen molar-refractivity contribution in [3.8, 4) is 0 Å². The molecule has 0 radical (unpaired) electrons. The van der Waals surface area contributed by atoms with Crippen LogP contribution in [0.15, 0.2) is 24.3 Å². The van der Waals surface area contributed by atoms with Crippen molar-refractivity contribution < 1.29 is 13.2 Å². The van der Waals surface area contributed by atoms with Crippen molar-refractivity contribution in [1.82, 2.24) is 9.97 Å². The third-order valence-corrected chi connectivity index (χ3v) is 3.60. The molecule has 0 aliphatic rings. The van der Waals surface area contributed by atoms with Gasteiger partial charge in [-0.2, -0.15) is 13.2 Å². The van der Waals surface area contributed by atoms with Crippen LogP contribution in [-0.2, 0) is 19.0 Å². The van der Waals surface area contributed by atoms with Crippen LogP contribution in [0.3, 0.4) is 0 Å². The van der Waals surface area contributed by atoms with Crippen LogP contribution in [0.2, 0.25) is 0 Å². The van der Waals surface area contributed by atoms with Crippen molar-refractivity contribution in [2.45, 2.75) is 32.9 Å². The number of aromatic amines is 1. The highest BCUT2D eigenvalue weighted by atomic mass is 32.1. The summed E-state index contributed by atoms with van der Waals surface area (Å²) in [6.45, 7) is 3.88. The highest BCUT2D eigenvalue weighted by Crippen LogP contribution is 2.29. The van der Waals surface area contributed by atoms with E-state index in [4.69, 9.17) is 12.2 Å². The van der Waals surface area contributed by atoms with Gasteiger partial charge in [0, 0.05) is 17.7 Å². The van der Waals surface area contributed by atoms with Gasteiger partial charge in [0.05, 0.1) is 5.56 Å². The minimum Gasteiger partial charge on any atom is -0.347 e. The number of rotatable bonds is 3. The third-order valence-electron chi connectivity index (χ3n) is 3.26. The number of hydrogen-bond acceptors (Lipinski definition) is 2. The summed E-state index contributed by atoms with van der Waals surface area (Å²) in [5.41, 5.74) is 1.78. The lowest BCUT2D eigenvalue weighted by Gasteiger charge is -2.10. The second-order valence-electron chi connectivity index (χ2n) is 4.82. The van der Waals surface area contributed by atoms with E-state index in [0.29, 0.717) is 22.4 Å². The van der Waals surface area contributed by atoms with Gasteiger partial charge in [0.25, 0.3) is 0 Å². The average Bonchev–Trinajstić information content (AvgIpc) is 2.37. The van der Waals surface area contributed by atoms with Crippen molar-refractivity contribution in [3.63, 3.8) is 0 Å². The first-order chi connectivity index (χ1) is 9.81. The summed E-state index contributed by atoms with van der Waals surface area (Å²) in [6.07, 6.45) is -3.27. The van der Waals surface area contributed by atoms with Crippen LogP contribution in [0, 0.1) is 11.6 Å². The fourth-order valence-corrected chi connectivity index (χ4v) is 2.63. The molecule has 0 saturated heterocycles. The van der Waals surface area contributed by atoms with Gasteiger partial charge in [-0.1, -0.05) is 37.3 Å². The summed E-state index contributed by atoms with van der Waals surface area (Å²) in [6, 6.07) is 5.25. The summed E-state index contributed by atoms with van der Waals surface area (Å²) in [7, 11) is 0. The fourth-order valence-electron chi connectivity index (χ4n) is 2.22. The van der Waals surface area contributed by atoms with Crippen LogP contribution in [0.1, 0.15) is 35.1 Å². The molecule has 0 amide bonds.